The van der Waals surface area contributed by atoms with Crippen molar-refractivity contribution in [1.29, 1.82) is 0 Å². The van der Waals surface area contributed by atoms with Crippen LogP contribution < -0.4 is 5.32 Å². The van der Waals surface area contributed by atoms with Crippen molar-refractivity contribution in [3.8, 4) is 0 Å². The molecule has 0 aliphatic heterocycles. The summed E-state index contributed by atoms with van der Waals surface area (Å²) in [6.45, 7) is 0. The van der Waals surface area contributed by atoms with Crippen molar-refractivity contribution >= 4 is 5.91 Å². The average Bonchev–Trinajstić information content (AvgIpc) is 2.67. The van der Waals surface area contributed by atoms with Crippen molar-refractivity contribution in [2.24, 2.45) is 0 Å². The lowest BCUT2D eigenvalue weighted by Crippen LogP contribution is -2.25. The first-order valence-corrected chi connectivity index (χ1v) is 3.56. The van der Waals surface area contributed by atoms with Crippen LogP contribution >= 0.6 is 0 Å². The number of oxazole rings is 1. The molecule has 1 aromatic rings. The Kier molecular flexibility index (Phi) is 1.38. The average molecular weight is 152 g/mol. The molecule has 2 rings (SSSR count). The summed E-state index contributed by atoms with van der Waals surface area (Å²) in [4.78, 5) is 14.8. The molecule has 1 amide bonds. The molecule has 1 aliphatic carbocycles. The fraction of sp³-hybridized carbons (Fsp3) is 0.429. The van der Waals surface area contributed by atoms with Crippen LogP contribution in [0.15, 0.2) is 16.9 Å². The van der Waals surface area contributed by atoms with Crippen LogP contribution in [0, 0.1) is 0 Å². The lowest BCUT2D eigenvalue weighted by Gasteiger charge is -1.96. The highest BCUT2D eigenvalue weighted by atomic mass is 16.3. The molecule has 4 nitrogen and oxygen atoms in total. The second kappa shape index (κ2) is 2.38. The van der Waals surface area contributed by atoms with E-state index < -0.39 is 0 Å². The molecule has 0 saturated heterocycles. The first-order valence-electron chi connectivity index (χ1n) is 3.56. The van der Waals surface area contributed by atoms with Gasteiger partial charge in [0.25, 0.3) is 5.89 Å². The zero-order valence-electron chi connectivity index (χ0n) is 5.91. The number of amides is 1. The third-order valence-corrected chi connectivity index (χ3v) is 1.54. The van der Waals surface area contributed by atoms with Crippen molar-refractivity contribution in [2.45, 2.75) is 18.9 Å². The molecule has 1 heterocycles. The maximum atomic E-state index is 11.1. The van der Waals surface area contributed by atoms with Crippen molar-refractivity contribution in [3.05, 3.63) is 18.4 Å². The summed E-state index contributed by atoms with van der Waals surface area (Å²) < 4.78 is 4.80. The first-order chi connectivity index (χ1) is 5.36. The second-order valence-corrected chi connectivity index (χ2v) is 2.58. The Morgan fingerprint density at radius 2 is 2.55 bits per heavy atom. The molecule has 0 bridgehead atoms. The molecule has 4 heteroatoms. The molecule has 0 radical (unpaired) electrons. The quantitative estimate of drug-likeness (QED) is 0.673. The minimum absolute atomic E-state index is 0.150. The number of hydrogen-bond donors (Lipinski definition) is 1. The fourth-order valence-corrected chi connectivity index (χ4v) is 0.810. The Morgan fingerprint density at radius 3 is 3.09 bits per heavy atom. The summed E-state index contributed by atoms with van der Waals surface area (Å²) in [6.07, 6.45) is 5.00. The Bertz CT molecular complexity index is 251. The van der Waals surface area contributed by atoms with E-state index in [4.69, 9.17) is 4.42 Å². The molecule has 11 heavy (non-hydrogen) atoms. The normalized spacial score (nSPS) is 16.4. The van der Waals surface area contributed by atoms with Gasteiger partial charge in [-0.15, -0.1) is 0 Å². The van der Waals surface area contributed by atoms with Gasteiger partial charge in [0.05, 0.1) is 6.20 Å². The minimum atomic E-state index is -0.211. The van der Waals surface area contributed by atoms with E-state index in [1.165, 1.54) is 12.5 Å². The number of nitrogens with one attached hydrogen (secondary N) is 1. The minimum Gasteiger partial charge on any atom is -0.441 e. The monoisotopic (exact) mass is 152 g/mol. The van der Waals surface area contributed by atoms with Crippen LogP contribution in [0.2, 0.25) is 0 Å². The van der Waals surface area contributed by atoms with Crippen molar-refractivity contribution in [3.63, 3.8) is 0 Å². The van der Waals surface area contributed by atoms with Gasteiger partial charge in [0, 0.05) is 6.04 Å². The first kappa shape index (κ1) is 6.39. The molecule has 1 N–H and O–H groups in total. The van der Waals surface area contributed by atoms with E-state index in [1.807, 2.05) is 0 Å². The van der Waals surface area contributed by atoms with Crippen LogP contribution in [0.4, 0.5) is 0 Å². The number of aromatic nitrogens is 1. The van der Waals surface area contributed by atoms with Gasteiger partial charge in [-0.2, -0.15) is 0 Å². The zero-order valence-corrected chi connectivity index (χ0v) is 5.91. The summed E-state index contributed by atoms with van der Waals surface area (Å²) >= 11 is 0. The van der Waals surface area contributed by atoms with E-state index in [0.717, 1.165) is 12.8 Å². The largest absolute Gasteiger partial charge is 0.441 e. The maximum absolute atomic E-state index is 11.1. The molecule has 58 valence electrons. The van der Waals surface area contributed by atoms with Gasteiger partial charge in [-0.3, -0.25) is 4.79 Å². The van der Waals surface area contributed by atoms with E-state index in [1.54, 1.807) is 0 Å². The molecular weight excluding hydrogens is 144 g/mol. The van der Waals surface area contributed by atoms with Gasteiger partial charge in [0.2, 0.25) is 0 Å². The predicted molar refractivity (Wildman–Crippen MR) is 37.0 cm³/mol. The highest BCUT2D eigenvalue weighted by molar-refractivity contribution is 5.89. The number of carbonyl (C=O) groups excluding carboxylic acids is 1. The number of hydrogen-bond acceptors (Lipinski definition) is 3. The van der Waals surface area contributed by atoms with Gasteiger partial charge in [-0.05, 0) is 12.8 Å². The van der Waals surface area contributed by atoms with Gasteiger partial charge in [-0.25, -0.2) is 4.98 Å². The summed E-state index contributed by atoms with van der Waals surface area (Å²) in [7, 11) is 0. The smallest absolute Gasteiger partial charge is 0.307 e. The van der Waals surface area contributed by atoms with Crippen molar-refractivity contribution < 1.29 is 9.21 Å². The Hall–Kier alpha value is -1.32. The fourth-order valence-electron chi connectivity index (χ4n) is 0.810. The number of rotatable bonds is 2. The van der Waals surface area contributed by atoms with E-state index in [-0.39, 0.29) is 11.8 Å². The van der Waals surface area contributed by atoms with E-state index in [9.17, 15) is 4.79 Å². The van der Waals surface area contributed by atoms with E-state index in [0.29, 0.717) is 6.04 Å². The summed E-state index contributed by atoms with van der Waals surface area (Å²) in [6, 6.07) is 0.356. The Morgan fingerprint density at radius 1 is 1.73 bits per heavy atom. The molecule has 1 aliphatic rings. The third kappa shape index (κ3) is 1.39. The van der Waals surface area contributed by atoms with Gasteiger partial charge >= 0.3 is 5.91 Å². The highest BCUT2D eigenvalue weighted by Crippen LogP contribution is 2.18. The zero-order chi connectivity index (χ0) is 7.68. The molecule has 0 unspecified atom stereocenters. The van der Waals surface area contributed by atoms with Crippen molar-refractivity contribution in [1.82, 2.24) is 10.3 Å². The molecule has 0 spiro atoms. The van der Waals surface area contributed by atoms with Gasteiger partial charge in [-0.1, -0.05) is 0 Å². The maximum Gasteiger partial charge on any atom is 0.307 e. The van der Waals surface area contributed by atoms with Gasteiger partial charge in [0.15, 0.2) is 0 Å². The molecule has 1 saturated carbocycles. The third-order valence-electron chi connectivity index (χ3n) is 1.54. The summed E-state index contributed by atoms with van der Waals surface area (Å²) in [5.41, 5.74) is 0. The second-order valence-electron chi connectivity index (χ2n) is 2.58. The van der Waals surface area contributed by atoms with Crippen LogP contribution in [0.1, 0.15) is 23.5 Å². The molecule has 0 aromatic carbocycles. The highest BCUT2D eigenvalue weighted by Gasteiger charge is 2.25. The number of nitrogens with zero attached hydrogens (tertiary/aromatic N) is 1. The Balaban J connectivity index is 1.99. The standard InChI is InChI=1S/C7H8N2O2/c10-6(9-5-1-2-5)7-8-3-4-11-7/h3-5H,1-2H2,(H,9,10). The van der Waals surface area contributed by atoms with Crippen molar-refractivity contribution in [2.75, 3.05) is 0 Å². The molecule has 0 atom stereocenters. The number of carbonyl (C=O) groups is 1. The van der Waals surface area contributed by atoms with Gasteiger partial charge in [0.1, 0.15) is 6.26 Å². The van der Waals surface area contributed by atoms with Crippen LogP contribution in [-0.4, -0.2) is 16.9 Å². The molecular formula is C7H8N2O2. The van der Waals surface area contributed by atoms with Crippen LogP contribution in [0.25, 0.3) is 0 Å². The predicted octanol–water partition coefficient (Wildman–Crippen LogP) is 0.567. The van der Waals surface area contributed by atoms with E-state index >= 15 is 0 Å². The SMILES string of the molecule is O=C(NC1CC1)c1ncco1. The summed E-state index contributed by atoms with van der Waals surface area (Å²) in [5.74, 6) is -0.0607. The van der Waals surface area contributed by atoms with E-state index in [2.05, 4.69) is 10.3 Å². The lowest BCUT2D eigenvalue weighted by atomic mass is 10.5. The topological polar surface area (TPSA) is 55.1 Å². The lowest BCUT2D eigenvalue weighted by molar-refractivity contribution is 0.0916. The van der Waals surface area contributed by atoms with Gasteiger partial charge < -0.3 is 9.73 Å². The summed E-state index contributed by atoms with van der Waals surface area (Å²) in [5, 5.41) is 2.76. The van der Waals surface area contributed by atoms with Crippen LogP contribution in [0.5, 0.6) is 0 Å². The van der Waals surface area contributed by atoms with Crippen LogP contribution in [0.3, 0.4) is 0 Å². The molecule has 1 fully saturated rings. The Labute approximate surface area is 63.6 Å². The molecule has 1 aromatic heterocycles. The van der Waals surface area contributed by atoms with Crippen LogP contribution in [-0.2, 0) is 0 Å².